The molecule has 24 heavy (non-hydrogen) atoms. The summed E-state index contributed by atoms with van der Waals surface area (Å²) >= 11 is 1.49. The highest BCUT2D eigenvalue weighted by Crippen LogP contribution is 2.30. The monoisotopic (exact) mass is 360 g/mol. The third-order valence-electron chi connectivity index (χ3n) is 4.15. The van der Waals surface area contributed by atoms with Crippen LogP contribution in [0.4, 0.5) is 0 Å². The molecule has 6 nitrogen and oxygen atoms in total. The van der Waals surface area contributed by atoms with Gasteiger partial charge in [0.15, 0.2) is 0 Å². The Labute approximate surface area is 144 Å². The van der Waals surface area contributed by atoms with E-state index in [0.717, 1.165) is 15.8 Å². The van der Waals surface area contributed by atoms with Crippen molar-refractivity contribution in [2.24, 2.45) is 0 Å². The molecule has 0 aliphatic carbocycles. The number of pyridine rings is 2. The Morgan fingerprint density at radius 2 is 2.21 bits per heavy atom. The van der Waals surface area contributed by atoms with Gasteiger partial charge in [0.2, 0.25) is 10.0 Å². The summed E-state index contributed by atoms with van der Waals surface area (Å²) in [5.74, 6) is 0. The van der Waals surface area contributed by atoms with E-state index in [2.05, 4.69) is 15.3 Å². The van der Waals surface area contributed by atoms with E-state index < -0.39 is 10.0 Å². The summed E-state index contributed by atoms with van der Waals surface area (Å²) in [7, 11) is -3.62. The average molecular weight is 360 g/mol. The Balaban J connectivity index is 1.75. The molecule has 0 bridgehead atoms. The van der Waals surface area contributed by atoms with Gasteiger partial charge in [0, 0.05) is 38.2 Å². The minimum Gasteiger partial charge on any atom is -0.313 e. The summed E-state index contributed by atoms with van der Waals surface area (Å²) in [6.07, 6.45) is 4.86. The lowest BCUT2D eigenvalue weighted by Crippen LogP contribution is -2.48. The molecule has 1 aliphatic heterocycles. The number of fused-ring (bicyclic) bond motifs is 1. The lowest BCUT2D eigenvalue weighted by molar-refractivity contribution is 0.271. The maximum atomic E-state index is 13.2. The Bertz CT molecular complexity index is 956. The molecule has 3 aromatic rings. The van der Waals surface area contributed by atoms with Crippen LogP contribution in [-0.4, -0.2) is 42.3 Å². The summed E-state index contributed by atoms with van der Waals surface area (Å²) in [5.41, 5.74) is 1.71. The molecule has 1 unspecified atom stereocenters. The van der Waals surface area contributed by atoms with Gasteiger partial charge in [0.25, 0.3) is 0 Å². The number of thiophene rings is 1. The van der Waals surface area contributed by atoms with E-state index in [-0.39, 0.29) is 10.9 Å². The summed E-state index contributed by atoms with van der Waals surface area (Å²) in [5, 5.41) is 5.18. The lowest BCUT2D eigenvalue weighted by Gasteiger charge is -2.35. The van der Waals surface area contributed by atoms with Crippen molar-refractivity contribution in [1.29, 1.82) is 0 Å². The van der Waals surface area contributed by atoms with E-state index in [1.165, 1.54) is 17.5 Å². The molecule has 1 atom stereocenters. The van der Waals surface area contributed by atoms with Gasteiger partial charge in [-0.15, -0.1) is 11.3 Å². The minimum atomic E-state index is -3.62. The van der Waals surface area contributed by atoms with Gasteiger partial charge in [-0.05, 0) is 29.1 Å². The van der Waals surface area contributed by atoms with Crippen molar-refractivity contribution in [2.75, 3.05) is 19.6 Å². The molecule has 1 fully saturated rings. The predicted octanol–water partition coefficient (Wildman–Crippen LogP) is 2.03. The van der Waals surface area contributed by atoms with Crippen molar-refractivity contribution >= 4 is 31.6 Å². The molecule has 1 aliphatic rings. The molecule has 0 aromatic carbocycles. The number of aromatic nitrogens is 2. The first-order valence-corrected chi connectivity index (χ1v) is 9.94. The predicted molar refractivity (Wildman–Crippen MR) is 93.4 cm³/mol. The highest BCUT2D eigenvalue weighted by Gasteiger charge is 2.34. The summed E-state index contributed by atoms with van der Waals surface area (Å²) < 4.78 is 28.8. The maximum Gasteiger partial charge on any atom is 0.245 e. The summed E-state index contributed by atoms with van der Waals surface area (Å²) in [6.45, 7) is 1.62. The molecule has 4 heterocycles. The van der Waals surface area contributed by atoms with Crippen LogP contribution in [0.15, 0.2) is 53.1 Å². The molecule has 0 amide bonds. The number of hydrogen-bond acceptors (Lipinski definition) is 6. The number of rotatable bonds is 3. The Morgan fingerprint density at radius 3 is 3.04 bits per heavy atom. The second-order valence-corrected chi connectivity index (χ2v) is 8.44. The van der Waals surface area contributed by atoms with Crippen molar-refractivity contribution in [1.82, 2.24) is 19.6 Å². The molecule has 4 rings (SSSR count). The molecule has 1 N–H and O–H groups in total. The fourth-order valence-electron chi connectivity index (χ4n) is 2.94. The maximum absolute atomic E-state index is 13.2. The smallest absolute Gasteiger partial charge is 0.245 e. The first kappa shape index (κ1) is 15.6. The van der Waals surface area contributed by atoms with Crippen LogP contribution in [0.1, 0.15) is 11.6 Å². The Morgan fingerprint density at radius 1 is 1.29 bits per heavy atom. The molecular weight excluding hydrogens is 344 g/mol. The molecule has 1 saturated heterocycles. The van der Waals surface area contributed by atoms with Crippen LogP contribution in [0.2, 0.25) is 0 Å². The summed E-state index contributed by atoms with van der Waals surface area (Å²) in [4.78, 5) is 8.64. The topological polar surface area (TPSA) is 75.2 Å². The van der Waals surface area contributed by atoms with Crippen molar-refractivity contribution in [2.45, 2.75) is 10.9 Å². The first-order chi connectivity index (χ1) is 11.7. The van der Waals surface area contributed by atoms with Gasteiger partial charge in [-0.1, -0.05) is 6.07 Å². The van der Waals surface area contributed by atoms with E-state index in [4.69, 9.17) is 0 Å². The van der Waals surface area contributed by atoms with Crippen LogP contribution in [0.5, 0.6) is 0 Å². The standard InChI is InChI=1S/C16H16N4O2S2/c21-24(22,13-8-16-14(19-10-13)3-7-23-16)20-6-5-18-11-15(20)12-2-1-4-17-9-12/h1-4,7-10,15,18H,5-6,11H2. The van der Waals surface area contributed by atoms with Crippen LogP contribution in [-0.2, 0) is 10.0 Å². The van der Waals surface area contributed by atoms with Crippen molar-refractivity contribution in [3.63, 3.8) is 0 Å². The van der Waals surface area contributed by atoms with E-state index in [0.29, 0.717) is 19.6 Å². The second kappa shape index (κ2) is 6.21. The van der Waals surface area contributed by atoms with Crippen LogP contribution in [0, 0.1) is 0 Å². The van der Waals surface area contributed by atoms with Gasteiger partial charge in [0.1, 0.15) is 4.90 Å². The number of hydrogen-bond donors (Lipinski definition) is 1. The summed E-state index contributed by atoms with van der Waals surface area (Å²) in [6, 6.07) is 7.07. The highest BCUT2D eigenvalue weighted by molar-refractivity contribution is 7.89. The zero-order chi connectivity index (χ0) is 16.6. The molecular formula is C16H16N4O2S2. The fraction of sp³-hybridized carbons (Fsp3) is 0.250. The Hall–Kier alpha value is -1.87. The van der Waals surface area contributed by atoms with Gasteiger partial charge in [-0.25, -0.2) is 8.42 Å². The first-order valence-electron chi connectivity index (χ1n) is 7.62. The van der Waals surface area contributed by atoms with Gasteiger partial charge < -0.3 is 5.32 Å². The fourth-order valence-corrected chi connectivity index (χ4v) is 5.38. The molecule has 3 aromatic heterocycles. The van der Waals surface area contributed by atoms with Gasteiger partial charge >= 0.3 is 0 Å². The quantitative estimate of drug-likeness (QED) is 0.773. The van der Waals surface area contributed by atoms with Crippen molar-refractivity contribution in [3.05, 3.63) is 53.8 Å². The SMILES string of the molecule is O=S(=O)(c1cnc2ccsc2c1)N1CCNCC1c1cccnc1. The van der Waals surface area contributed by atoms with Gasteiger partial charge in [0.05, 0.1) is 16.3 Å². The van der Waals surface area contributed by atoms with Crippen LogP contribution in [0.3, 0.4) is 0 Å². The third kappa shape index (κ3) is 2.71. The normalized spacial score (nSPS) is 19.6. The lowest BCUT2D eigenvalue weighted by atomic mass is 10.1. The van der Waals surface area contributed by atoms with E-state index >= 15 is 0 Å². The largest absolute Gasteiger partial charge is 0.313 e. The minimum absolute atomic E-state index is 0.244. The van der Waals surface area contributed by atoms with Crippen molar-refractivity contribution < 1.29 is 8.42 Å². The number of sulfonamides is 1. The zero-order valence-electron chi connectivity index (χ0n) is 12.8. The number of piperazine rings is 1. The molecule has 124 valence electrons. The van der Waals surface area contributed by atoms with E-state index in [9.17, 15) is 8.42 Å². The van der Waals surface area contributed by atoms with Crippen molar-refractivity contribution in [3.8, 4) is 0 Å². The van der Waals surface area contributed by atoms with Gasteiger partial charge in [-0.3, -0.25) is 9.97 Å². The van der Waals surface area contributed by atoms with Gasteiger partial charge in [-0.2, -0.15) is 4.31 Å². The molecule has 0 radical (unpaired) electrons. The second-order valence-electron chi connectivity index (χ2n) is 5.60. The van der Waals surface area contributed by atoms with Crippen LogP contribution in [0.25, 0.3) is 10.2 Å². The number of nitrogens with one attached hydrogen (secondary N) is 1. The Kier molecular flexibility index (Phi) is 4.05. The van der Waals surface area contributed by atoms with E-state index in [1.807, 2.05) is 23.6 Å². The zero-order valence-corrected chi connectivity index (χ0v) is 14.4. The molecule has 0 saturated carbocycles. The number of nitrogens with zero attached hydrogens (tertiary/aromatic N) is 3. The van der Waals surface area contributed by atoms with Crippen LogP contribution < -0.4 is 5.32 Å². The molecule has 0 spiro atoms. The molecule has 8 heteroatoms. The average Bonchev–Trinajstić information content (AvgIpc) is 3.10. The van der Waals surface area contributed by atoms with E-state index in [1.54, 1.807) is 22.8 Å². The van der Waals surface area contributed by atoms with Crippen LogP contribution >= 0.6 is 11.3 Å². The third-order valence-corrected chi connectivity index (χ3v) is 6.87. The highest BCUT2D eigenvalue weighted by atomic mass is 32.2.